The highest BCUT2D eigenvalue weighted by Crippen LogP contribution is 2.27. The highest BCUT2D eigenvalue weighted by molar-refractivity contribution is 9.10. The van der Waals surface area contributed by atoms with Crippen molar-refractivity contribution in [2.24, 2.45) is 11.7 Å². The van der Waals surface area contributed by atoms with E-state index in [1.165, 1.54) is 19.3 Å². The lowest BCUT2D eigenvalue weighted by molar-refractivity contribution is 0.0932. The fourth-order valence-corrected chi connectivity index (χ4v) is 3.50. The van der Waals surface area contributed by atoms with E-state index in [9.17, 15) is 4.79 Å². The fourth-order valence-electron chi connectivity index (χ4n) is 2.75. The zero-order valence-corrected chi connectivity index (χ0v) is 14.7. The Hall–Kier alpha value is -0.650. The molecule has 6 heteroatoms. The molecule has 0 bridgehead atoms. The van der Waals surface area contributed by atoms with Crippen LogP contribution >= 0.6 is 39.7 Å². The van der Waals surface area contributed by atoms with Crippen molar-refractivity contribution in [1.82, 2.24) is 5.32 Å². The first kappa shape index (κ1) is 16.7. The Labute approximate surface area is 143 Å². The van der Waals surface area contributed by atoms with E-state index in [0.717, 1.165) is 12.8 Å². The van der Waals surface area contributed by atoms with Crippen molar-refractivity contribution < 1.29 is 4.79 Å². The van der Waals surface area contributed by atoms with Gasteiger partial charge in [0.1, 0.15) is 0 Å². The summed E-state index contributed by atoms with van der Waals surface area (Å²) < 4.78 is 0.696. The molecule has 1 unspecified atom stereocenters. The molecule has 0 heterocycles. The van der Waals surface area contributed by atoms with Crippen LogP contribution in [-0.4, -0.2) is 16.9 Å². The van der Waals surface area contributed by atoms with Crippen LogP contribution in [0.4, 0.5) is 0 Å². The van der Waals surface area contributed by atoms with Crippen molar-refractivity contribution in [1.29, 1.82) is 0 Å². The number of halogens is 2. The van der Waals surface area contributed by atoms with Gasteiger partial charge in [0.05, 0.1) is 16.1 Å². The number of nitrogens with one attached hydrogen (secondary N) is 1. The van der Waals surface area contributed by atoms with E-state index < -0.39 is 0 Å². The second kappa shape index (κ2) is 7.56. The van der Waals surface area contributed by atoms with E-state index >= 15 is 0 Å². The van der Waals surface area contributed by atoms with Gasteiger partial charge in [0.2, 0.25) is 0 Å². The average molecular weight is 390 g/mol. The molecule has 0 spiro atoms. The van der Waals surface area contributed by atoms with E-state index in [1.54, 1.807) is 18.2 Å². The average Bonchev–Trinajstić information content (AvgIpc) is 2.48. The summed E-state index contributed by atoms with van der Waals surface area (Å²) in [4.78, 5) is 12.7. The first-order chi connectivity index (χ1) is 9.99. The van der Waals surface area contributed by atoms with Gasteiger partial charge >= 0.3 is 0 Å². The molecule has 1 fully saturated rings. The van der Waals surface area contributed by atoms with Crippen LogP contribution in [0.5, 0.6) is 0 Å². The number of rotatable bonds is 4. The summed E-state index contributed by atoms with van der Waals surface area (Å²) >= 11 is 14.4. The number of benzene rings is 1. The van der Waals surface area contributed by atoms with Gasteiger partial charge in [-0.15, -0.1) is 0 Å². The molecule has 114 valence electrons. The van der Waals surface area contributed by atoms with Crippen molar-refractivity contribution in [2.75, 3.05) is 0 Å². The molecule has 0 aromatic heterocycles. The number of thiocarbonyl (C=S) groups is 1. The smallest absolute Gasteiger partial charge is 0.251 e. The minimum atomic E-state index is -0.234. The van der Waals surface area contributed by atoms with Crippen molar-refractivity contribution in [3.05, 3.63) is 33.3 Å². The van der Waals surface area contributed by atoms with E-state index in [-0.39, 0.29) is 11.9 Å². The molecule has 0 radical (unpaired) electrons. The van der Waals surface area contributed by atoms with Crippen molar-refractivity contribution in [3.8, 4) is 0 Å². The Morgan fingerprint density at radius 3 is 2.62 bits per heavy atom. The van der Waals surface area contributed by atoms with Crippen LogP contribution in [0.25, 0.3) is 0 Å². The monoisotopic (exact) mass is 388 g/mol. The molecule has 0 saturated heterocycles. The maximum Gasteiger partial charge on any atom is 0.251 e. The lowest BCUT2D eigenvalue weighted by Crippen LogP contribution is -2.48. The van der Waals surface area contributed by atoms with Crippen molar-refractivity contribution >= 4 is 50.6 Å². The molecule has 3 N–H and O–H groups in total. The minimum Gasteiger partial charge on any atom is -0.392 e. The summed E-state index contributed by atoms with van der Waals surface area (Å²) in [5, 5.41) is 3.55. The summed E-state index contributed by atoms with van der Waals surface area (Å²) in [6.07, 6.45) is 5.72. The zero-order chi connectivity index (χ0) is 15.4. The van der Waals surface area contributed by atoms with Crippen LogP contribution in [0.3, 0.4) is 0 Å². The first-order valence-corrected chi connectivity index (χ1v) is 8.62. The molecule has 1 aromatic carbocycles. The molecule has 1 aliphatic carbocycles. The lowest BCUT2D eigenvalue weighted by atomic mass is 9.83. The third kappa shape index (κ3) is 4.41. The van der Waals surface area contributed by atoms with Crippen LogP contribution in [0.2, 0.25) is 5.02 Å². The lowest BCUT2D eigenvalue weighted by Gasteiger charge is -2.30. The summed E-state index contributed by atoms with van der Waals surface area (Å²) in [6.45, 7) is 0. The van der Waals surface area contributed by atoms with Gasteiger partial charge in [-0.05, 0) is 52.9 Å². The predicted molar refractivity (Wildman–Crippen MR) is 93.8 cm³/mol. The maximum atomic E-state index is 12.4. The van der Waals surface area contributed by atoms with Gasteiger partial charge in [-0.3, -0.25) is 4.79 Å². The Kier molecular flexibility index (Phi) is 6.02. The first-order valence-electron chi connectivity index (χ1n) is 7.04. The summed E-state index contributed by atoms with van der Waals surface area (Å²) in [6, 6.07) is 4.86. The van der Waals surface area contributed by atoms with Crippen LogP contribution in [-0.2, 0) is 0 Å². The fraction of sp³-hybridized carbons (Fsp3) is 0.467. The molecule has 1 aliphatic rings. The van der Waals surface area contributed by atoms with E-state index in [0.29, 0.717) is 26.0 Å². The number of carbonyl (C=O) groups is 1. The molecule has 1 atom stereocenters. The summed E-state index contributed by atoms with van der Waals surface area (Å²) in [7, 11) is 0. The maximum absolute atomic E-state index is 12.4. The molecule has 1 aromatic rings. The number of nitrogens with two attached hydrogens (primary N) is 1. The number of hydrogen-bond acceptors (Lipinski definition) is 2. The van der Waals surface area contributed by atoms with Crippen molar-refractivity contribution in [3.63, 3.8) is 0 Å². The van der Waals surface area contributed by atoms with Gasteiger partial charge in [-0.2, -0.15) is 0 Å². The predicted octanol–water partition coefficient (Wildman–Crippen LogP) is 4.07. The van der Waals surface area contributed by atoms with Gasteiger partial charge in [0, 0.05) is 10.0 Å². The zero-order valence-electron chi connectivity index (χ0n) is 11.6. The molecule has 2 rings (SSSR count). The molecule has 3 nitrogen and oxygen atoms in total. The Balaban J connectivity index is 2.10. The van der Waals surface area contributed by atoms with Crippen LogP contribution in [0, 0.1) is 5.92 Å². The minimum absolute atomic E-state index is 0.171. The van der Waals surface area contributed by atoms with Gasteiger partial charge < -0.3 is 11.1 Å². The normalized spacial score (nSPS) is 17.2. The second-order valence-electron chi connectivity index (χ2n) is 5.38. The van der Waals surface area contributed by atoms with Gasteiger partial charge in [-0.1, -0.05) is 43.1 Å². The molecule has 0 aliphatic heterocycles. The largest absolute Gasteiger partial charge is 0.392 e. The van der Waals surface area contributed by atoms with E-state index in [4.69, 9.17) is 29.6 Å². The number of hydrogen-bond donors (Lipinski definition) is 2. The van der Waals surface area contributed by atoms with Gasteiger partial charge in [0.15, 0.2) is 0 Å². The van der Waals surface area contributed by atoms with E-state index in [2.05, 4.69) is 21.2 Å². The van der Waals surface area contributed by atoms with Crippen LogP contribution < -0.4 is 11.1 Å². The number of amides is 1. The molecular weight excluding hydrogens is 372 g/mol. The van der Waals surface area contributed by atoms with E-state index in [1.807, 2.05) is 0 Å². The van der Waals surface area contributed by atoms with Gasteiger partial charge in [-0.25, -0.2) is 0 Å². The third-order valence-electron chi connectivity index (χ3n) is 3.90. The topological polar surface area (TPSA) is 55.1 Å². The Morgan fingerprint density at radius 2 is 2.05 bits per heavy atom. The molecule has 21 heavy (non-hydrogen) atoms. The van der Waals surface area contributed by atoms with Gasteiger partial charge in [0.25, 0.3) is 5.91 Å². The Morgan fingerprint density at radius 1 is 1.38 bits per heavy atom. The molecule has 1 saturated carbocycles. The third-order valence-corrected chi connectivity index (χ3v) is 5.36. The SMILES string of the molecule is NC(=S)C(NC(=O)c1ccc(Cl)c(Br)c1)C1CCCCC1. The quantitative estimate of drug-likeness (QED) is 0.763. The standard InChI is InChI=1S/C15H18BrClN2OS/c16-11-8-10(6-7-12(11)17)15(20)19-13(14(18)21)9-4-2-1-3-5-9/h6-9,13H,1-5H2,(H2,18,21)(H,19,20). The number of carbonyl (C=O) groups excluding carboxylic acids is 1. The Bertz CT molecular complexity index is 546. The van der Waals surface area contributed by atoms with Crippen LogP contribution in [0.15, 0.2) is 22.7 Å². The second-order valence-corrected chi connectivity index (χ2v) is 7.11. The van der Waals surface area contributed by atoms with Crippen LogP contribution in [0.1, 0.15) is 42.5 Å². The highest BCUT2D eigenvalue weighted by atomic mass is 79.9. The highest BCUT2D eigenvalue weighted by Gasteiger charge is 2.27. The molecular formula is C15H18BrClN2OS. The van der Waals surface area contributed by atoms with Crippen molar-refractivity contribution in [2.45, 2.75) is 38.1 Å². The molecule has 1 amide bonds. The summed E-state index contributed by atoms with van der Waals surface area (Å²) in [5.74, 6) is 0.173. The summed E-state index contributed by atoms with van der Waals surface area (Å²) in [5.41, 5.74) is 6.38.